The lowest BCUT2D eigenvalue weighted by Gasteiger charge is -2.26. The van der Waals surface area contributed by atoms with Crippen LogP contribution in [0.25, 0.3) is 0 Å². The van der Waals surface area contributed by atoms with Crippen LogP contribution in [0.3, 0.4) is 0 Å². The van der Waals surface area contributed by atoms with Gasteiger partial charge in [0.05, 0.1) is 12.4 Å². The Labute approximate surface area is 240 Å². The number of rotatable bonds is 9. The highest BCUT2D eigenvalue weighted by Gasteiger charge is 2.40. The summed E-state index contributed by atoms with van der Waals surface area (Å²) in [4.78, 5) is 41.5. The van der Waals surface area contributed by atoms with Crippen LogP contribution in [0.2, 0.25) is 0 Å². The molecule has 2 aromatic carbocycles. The fraction of sp³-hybridized carbons (Fsp3) is 0.419. The number of amides is 1. The number of benzene rings is 2. The molecule has 1 saturated heterocycles. The number of aryl methyl sites for hydroxylation is 3. The number of carbonyl (C=O) groups excluding carboxylic acids is 3. The zero-order chi connectivity index (χ0) is 29.2. The lowest BCUT2D eigenvalue weighted by atomic mass is 9.84. The fourth-order valence-electron chi connectivity index (χ4n) is 5.06. The summed E-state index contributed by atoms with van der Waals surface area (Å²) >= 11 is 1.62. The standard InChI is InChI=1S/C31H37N3O5S/c1-19-12-22(13-20(2)29(19)39-31(4,5)21(3)35)14-24-16-34(30(37)38-25-15-32-33(6)17-25)18-27(24)28(36)23-8-10-26(40-7)11-9-23/h8-13,15,17,24,27H,14,16,18H2,1-7H3/t24-,27-/m0/s1. The zero-order valence-corrected chi connectivity index (χ0v) is 25.0. The molecular weight excluding hydrogens is 526 g/mol. The first-order valence-electron chi connectivity index (χ1n) is 13.3. The number of aromatic nitrogens is 2. The lowest BCUT2D eigenvalue weighted by Crippen LogP contribution is -2.36. The number of ether oxygens (including phenoxy) is 2. The molecule has 0 aliphatic carbocycles. The predicted octanol–water partition coefficient (Wildman–Crippen LogP) is 5.68. The number of nitrogens with zero attached hydrogens (tertiary/aromatic N) is 3. The van der Waals surface area contributed by atoms with Crippen molar-refractivity contribution in [1.82, 2.24) is 14.7 Å². The Kier molecular flexibility index (Phi) is 8.73. The number of likely N-dealkylation sites (tertiary alicyclic amines) is 1. The van der Waals surface area contributed by atoms with E-state index in [-0.39, 0.29) is 29.9 Å². The maximum Gasteiger partial charge on any atom is 0.415 e. The van der Waals surface area contributed by atoms with Gasteiger partial charge in [0.2, 0.25) is 0 Å². The first-order valence-corrected chi connectivity index (χ1v) is 14.5. The van der Waals surface area contributed by atoms with Crippen molar-refractivity contribution in [3.05, 3.63) is 71.0 Å². The summed E-state index contributed by atoms with van der Waals surface area (Å²) in [5, 5.41) is 4.06. The Hall–Kier alpha value is -3.59. The maximum atomic E-state index is 13.7. The van der Waals surface area contributed by atoms with Crippen molar-refractivity contribution in [2.75, 3.05) is 19.3 Å². The molecule has 1 fully saturated rings. The molecule has 0 N–H and O–H groups in total. The van der Waals surface area contributed by atoms with Crippen molar-refractivity contribution < 1.29 is 23.9 Å². The molecule has 0 spiro atoms. The third-order valence-corrected chi connectivity index (χ3v) is 8.26. The third-order valence-electron chi connectivity index (χ3n) is 7.52. The van der Waals surface area contributed by atoms with E-state index in [1.54, 1.807) is 48.4 Å². The predicted molar refractivity (Wildman–Crippen MR) is 155 cm³/mol. The van der Waals surface area contributed by atoms with Gasteiger partial charge < -0.3 is 14.4 Å². The van der Waals surface area contributed by atoms with E-state index >= 15 is 0 Å². The molecule has 212 valence electrons. The molecule has 0 bridgehead atoms. The minimum atomic E-state index is -0.930. The van der Waals surface area contributed by atoms with Crippen LogP contribution in [0.15, 0.2) is 53.7 Å². The Bertz CT molecular complexity index is 1390. The quantitative estimate of drug-likeness (QED) is 0.244. The number of hydrogen-bond donors (Lipinski definition) is 0. The molecule has 2 atom stereocenters. The molecule has 0 radical (unpaired) electrons. The molecule has 1 aromatic heterocycles. The summed E-state index contributed by atoms with van der Waals surface area (Å²) in [6, 6.07) is 11.7. The molecule has 8 nitrogen and oxygen atoms in total. The van der Waals surface area contributed by atoms with Crippen molar-refractivity contribution in [3.8, 4) is 11.5 Å². The van der Waals surface area contributed by atoms with E-state index in [1.807, 2.05) is 56.5 Å². The van der Waals surface area contributed by atoms with Crippen molar-refractivity contribution in [2.45, 2.75) is 51.5 Å². The van der Waals surface area contributed by atoms with Crippen LogP contribution >= 0.6 is 11.8 Å². The minimum Gasteiger partial charge on any atom is -0.480 e. The first kappa shape index (κ1) is 29.4. The van der Waals surface area contributed by atoms with Crippen LogP contribution in [-0.2, 0) is 18.3 Å². The molecule has 2 heterocycles. The van der Waals surface area contributed by atoms with E-state index in [4.69, 9.17) is 9.47 Å². The summed E-state index contributed by atoms with van der Waals surface area (Å²) < 4.78 is 13.2. The van der Waals surface area contributed by atoms with Crippen LogP contribution in [0.4, 0.5) is 4.79 Å². The Morgan fingerprint density at radius 2 is 1.73 bits per heavy atom. The highest BCUT2D eigenvalue weighted by Crippen LogP contribution is 2.34. The largest absolute Gasteiger partial charge is 0.480 e. The lowest BCUT2D eigenvalue weighted by molar-refractivity contribution is -0.129. The van der Waals surface area contributed by atoms with Crippen molar-refractivity contribution in [2.24, 2.45) is 18.9 Å². The summed E-state index contributed by atoms with van der Waals surface area (Å²) in [5.41, 5.74) is 2.60. The molecule has 1 amide bonds. The second kappa shape index (κ2) is 11.9. The van der Waals surface area contributed by atoms with Gasteiger partial charge in [-0.3, -0.25) is 14.3 Å². The smallest absolute Gasteiger partial charge is 0.415 e. The molecular formula is C31H37N3O5S. The van der Waals surface area contributed by atoms with Crippen LogP contribution in [-0.4, -0.2) is 57.3 Å². The number of ketones is 2. The molecule has 4 rings (SSSR count). The summed E-state index contributed by atoms with van der Waals surface area (Å²) in [6.45, 7) is 9.65. The van der Waals surface area contributed by atoms with Gasteiger partial charge in [-0.1, -0.05) is 24.3 Å². The monoisotopic (exact) mass is 563 g/mol. The van der Waals surface area contributed by atoms with Gasteiger partial charge in [-0.05, 0) is 82.0 Å². The molecule has 0 unspecified atom stereocenters. The van der Waals surface area contributed by atoms with E-state index in [1.165, 1.54) is 13.1 Å². The fourth-order valence-corrected chi connectivity index (χ4v) is 5.47. The van der Waals surface area contributed by atoms with Crippen molar-refractivity contribution in [1.29, 1.82) is 0 Å². The van der Waals surface area contributed by atoms with Gasteiger partial charge in [0, 0.05) is 36.5 Å². The number of thioether (sulfide) groups is 1. The number of carbonyl (C=O) groups is 3. The second-order valence-electron chi connectivity index (χ2n) is 11.0. The first-order chi connectivity index (χ1) is 18.9. The number of hydrogen-bond acceptors (Lipinski definition) is 7. The van der Waals surface area contributed by atoms with Crippen LogP contribution in [0.5, 0.6) is 11.5 Å². The van der Waals surface area contributed by atoms with Crippen molar-refractivity contribution >= 4 is 29.4 Å². The van der Waals surface area contributed by atoms with Gasteiger partial charge in [-0.15, -0.1) is 11.8 Å². The van der Waals surface area contributed by atoms with E-state index in [0.29, 0.717) is 30.0 Å². The van der Waals surface area contributed by atoms with Gasteiger partial charge in [0.25, 0.3) is 0 Å². The summed E-state index contributed by atoms with van der Waals surface area (Å²) in [5.74, 6) is 0.543. The van der Waals surface area contributed by atoms with Crippen molar-refractivity contribution in [3.63, 3.8) is 0 Å². The number of Topliss-reactive ketones (excluding diaryl/α,β-unsaturated/α-hetero) is 2. The average molecular weight is 564 g/mol. The van der Waals surface area contributed by atoms with Gasteiger partial charge in [-0.2, -0.15) is 5.10 Å². The van der Waals surface area contributed by atoms with Crippen LogP contribution in [0, 0.1) is 25.7 Å². The minimum absolute atomic E-state index is 0.0194. The highest BCUT2D eigenvalue weighted by molar-refractivity contribution is 7.98. The average Bonchev–Trinajstić information content (AvgIpc) is 3.51. The Morgan fingerprint density at radius 3 is 2.27 bits per heavy atom. The zero-order valence-electron chi connectivity index (χ0n) is 24.2. The summed E-state index contributed by atoms with van der Waals surface area (Å²) in [7, 11) is 1.75. The van der Waals surface area contributed by atoms with E-state index < -0.39 is 11.7 Å². The molecule has 3 aromatic rings. The van der Waals surface area contributed by atoms with Gasteiger partial charge in [-0.25, -0.2) is 4.79 Å². The maximum absolute atomic E-state index is 13.7. The van der Waals surface area contributed by atoms with Crippen LogP contribution in [0.1, 0.15) is 47.8 Å². The Morgan fingerprint density at radius 1 is 1.07 bits per heavy atom. The van der Waals surface area contributed by atoms with Gasteiger partial charge >= 0.3 is 6.09 Å². The molecule has 1 aliphatic heterocycles. The molecule has 0 saturated carbocycles. The third kappa shape index (κ3) is 6.58. The van der Waals surface area contributed by atoms with Gasteiger partial charge in [0.15, 0.2) is 22.9 Å². The SMILES string of the molecule is CSc1ccc(C(=O)[C@H]2CN(C(=O)Oc3cnn(C)c3)C[C@@H]2Cc2cc(C)c(OC(C)(C)C(C)=O)c(C)c2)cc1. The molecule has 9 heteroatoms. The van der Waals surface area contributed by atoms with E-state index in [2.05, 4.69) is 5.10 Å². The van der Waals surface area contributed by atoms with E-state index in [0.717, 1.165) is 21.6 Å². The normalized spacial score (nSPS) is 17.1. The molecule has 1 aliphatic rings. The second-order valence-corrected chi connectivity index (χ2v) is 11.9. The van der Waals surface area contributed by atoms with E-state index in [9.17, 15) is 14.4 Å². The summed E-state index contributed by atoms with van der Waals surface area (Å²) in [6.07, 6.45) is 5.23. The van der Waals surface area contributed by atoms with Crippen LogP contribution < -0.4 is 9.47 Å². The molecule has 40 heavy (non-hydrogen) atoms. The topological polar surface area (TPSA) is 90.7 Å². The Balaban J connectivity index is 1.59. The highest BCUT2D eigenvalue weighted by atomic mass is 32.2. The van der Waals surface area contributed by atoms with Gasteiger partial charge in [0.1, 0.15) is 5.75 Å².